The molecule has 7 heteroatoms. The van der Waals surface area contributed by atoms with Gasteiger partial charge in [0, 0.05) is 33.1 Å². The molecule has 0 bridgehead atoms. The number of aryl methyl sites for hydroxylation is 1. The monoisotopic (exact) mass is 834 g/mol. The van der Waals surface area contributed by atoms with Gasteiger partial charge in [-0.05, 0) is 151 Å². The van der Waals surface area contributed by atoms with Gasteiger partial charge in [-0.15, -0.1) is 11.3 Å². The SMILES string of the molecule is Cc1cc(C(C)(C)C)ccc1N1c2cc(C(F)(F)F)cc3c2B(c2ccc4c(c2N3c2ccc3c(c2)C(C)(C)CCC3(C)C)C(C)(C)CCC4(C)C)c2c1sc1ccccc21. The molecule has 10 rings (SSSR count). The minimum atomic E-state index is -4.58. The molecule has 0 saturated carbocycles. The van der Waals surface area contributed by atoms with Crippen molar-refractivity contribution >= 4 is 78.0 Å². The Bertz CT molecular complexity index is 2830. The highest BCUT2D eigenvalue weighted by atomic mass is 32.1. The van der Waals surface area contributed by atoms with Crippen LogP contribution in [0.1, 0.15) is 141 Å². The van der Waals surface area contributed by atoms with Crippen LogP contribution in [0.2, 0.25) is 0 Å². The zero-order valence-corrected chi connectivity index (χ0v) is 38.7. The first kappa shape index (κ1) is 40.6. The summed E-state index contributed by atoms with van der Waals surface area (Å²) < 4.78 is 48.4. The smallest absolute Gasteiger partial charge is 0.311 e. The summed E-state index contributed by atoms with van der Waals surface area (Å²) >= 11 is 1.69. The van der Waals surface area contributed by atoms with Gasteiger partial charge in [0.2, 0.25) is 0 Å². The van der Waals surface area contributed by atoms with Crippen molar-refractivity contribution in [2.75, 3.05) is 9.80 Å². The van der Waals surface area contributed by atoms with Crippen LogP contribution in [-0.2, 0) is 33.3 Å². The Kier molecular flexibility index (Phi) is 8.52. The molecule has 0 unspecified atom stereocenters. The fraction of sp³-hybridized carbons (Fsp3) is 0.407. The second-order valence-electron chi connectivity index (χ2n) is 22.3. The first-order chi connectivity index (χ1) is 28.4. The third-order valence-corrected chi connectivity index (χ3v) is 16.4. The van der Waals surface area contributed by atoms with Crippen molar-refractivity contribution < 1.29 is 13.2 Å². The highest BCUT2D eigenvalue weighted by molar-refractivity contribution is 7.26. The normalized spacial score (nSPS) is 19.2. The van der Waals surface area contributed by atoms with Crippen LogP contribution >= 0.6 is 11.3 Å². The molecular formula is C54H58BF3N2S. The van der Waals surface area contributed by atoms with Crippen molar-refractivity contribution in [2.24, 2.45) is 0 Å². The number of alkyl halides is 3. The third kappa shape index (κ3) is 5.95. The largest absolute Gasteiger partial charge is 0.416 e. The fourth-order valence-corrected chi connectivity index (χ4v) is 12.7. The van der Waals surface area contributed by atoms with Gasteiger partial charge >= 0.3 is 6.18 Å². The Morgan fingerprint density at radius 2 is 1.20 bits per heavy atom. The Morgan fingerprint density at radius 3 is 1.85 bits per heavy atom. The van der Waals surface area contributed by atoms with Crippen LogP contribution in [-0.4, -0.2) is 6.71 Å². The number of halogens is 3. The average Bonchev–Trinajstić information content (AvgIpc) is 3.56. The van der Waals surface area contributed by atoms with Gasteiger partial charge in [-0.3, -0.25) is 0 Å². The van der Waals surface area contributed by atoms with Crippen LogP contribution in [0.5, 0.6) is 0 Å². The minimum absolute atomic E-state index is 0.00780. The zero-order valence-electron chi connectivity index (χ0n) is 37.9. The molecule has 5 aromatic carbocycles. The summed E-state index contributed by atoms with van der Waals surface area (Å²) in [6, 6.07) is 29.6. The number of nitrogens with zero attached hydrogens (tertiary/aromatic N) is 2. The number of hydrogen-bond acceptors (Lipinski definition) is 3. The number of hydrogen-bond donors (Lipinski definition) is 0. The summed E-state index contributed by atoms with van der Waals surface area (Å²) in [5.74, 6) is 0. The number of fused-ring (bicyclic) bond motifs is 9. The molecule has 6 aromatic rings. The van der Waals surface area contributed by atoms with Crippen molar-refractivity contribution in [1.82, 2.24) is 0 Å². The highest BCUT2D eigenvalue weighted by Crippen LogP contribution is 2.56. The van der Waals surface area contributed by atoms with Gasteiger partial charge in [0.15, 0.2) is 0 Å². The van der Waals surface area contributed by atoms with Crippen LogP contribution in [0, 0.1) is 6.92 Å². The van der Waals surface area contributed by atoms with Crippen molar-refractivity contribution in [3.63, 3.8) is 0 Å². The van der Waals surface area contributed by atoms with E-state index in [1.165, 1.54) is 50.9 Å². The van der Waals surface area contributed by atoms with Gasteiger partial charge in [0.25, 0.3) is 6.71 Å². The first-order valence-electron chi connectivity index (χ1n) is 22.2. The Morgan fingerprint density at radius 1 is 0.590 bits per heavy atom. The molecule has 0 amide bonds. The van der Waals surface area contributed by atoms with E-state index in [4.69, 9.17) is 0 Å². The molecule has 2 nitrogen and oxygen atoms in total. The molecule has 314 valence electrons. The molecule has 0 atom stereocenters. The maximum atomic E-state index is 15.7. The first-order valence-corrected chi connectivity index (χ1v) is 23.0. The van der Waals surface area contributed by atoms with Gasteiger partial charge in [-0.25, -0.2) is 0 Å². The van der Waals surface area contributed by atoms with Crippen LogP contribution in [0.15, 0.2) is 84.9 Å². The maximum absolute atomic E-state index is 15.7. The average molecular weight is 835 g/mol. The fourth-order valence-electron chi connectivity index (χ4n) is 11.4. The molecule has 0 saturated heterocycles. The second kappa shape index (κ2) is 12.8. The van der Waals surface area contributed by atoms with E-state index >= 15 is 13.2 Å². The minimum Gasteiger partial charge on any atom is -0.311 e. The Balaban J connectivity index is 1.38. The van der Waals surface area contributed by atoms with Gasteiger partial charge in [0.05, 0.1) is 10.6 Å². The van der Waals surface area contributed by atoms with Crippen LogP contribution in [0.3, 0.4) is 0 Å². The van der Waals surface area contributed by atoms with Gasteiger partial charge < -0.3 is 9.80 Å². The van der Waals surface area contributed by atoms with Crippen molar-refractivity contribution in [1.29, 1.82) is 0 Å². The summed E-state index contributed by atoms with van der Waals surface area (Å²) in [6.45, 7) is 27.2. The van der Waals surface area contributed by atoms with E-state index in [9.17, 15) is 0 Å². The van der Waals surface area contributed by atoms with E-state index in [-0.39, 0.29) is 33.8 Å². The number of rotatable bonds is 2. The summed E-state index contributed by atoms with van der Waals surface area (Å²) in [4.78, 5) is 4.46. The molecular weight excluding hydrogens is 776 g/mol. The molecule has 2 aliphatic heterocycles. The van der Waals surface area contributed by atoms with Gasteiger partial charge in [-0.1, -0.05) is 125 Å². The van der Waals surface area contributed by atoms with Gasteiger partial charge in [-0.2, -0.15) is 13.2 Å². The van der Waals surface area contributed by atoms with E-state index in [2.05, 4.69) is 166 Å². The molecule has 3 heterocycles. The van der Waals surface area contributed by atoms with Gasteiger partial charge in [0.1, 0.15) is 0 Å². The predicted molar refractivity (Wildman–Crippen MR) is 255 cm³/mol. The molecule has 61 heavy (non-hydrogen) atoms. The quantitative estimate of drug-likeness (QED) is 0.160. The lowest BCUT2D eigenvalue weighted by Gasteiger charge is -2.49. The summed E-state index contributed by atoms with van der Waals surface area (Å²) in [5, 5.41) is 2.15. The van der Waals surface area contributed by atoms with Crippen LogP contribution in [0.4, 0.5) is 46.6 Å². The Labute approximate surface area is 365 Å². The zero-order chi connectivity index (χ0) is 43.6. The molecule has 4 aliphatic rings. The molecule has 0 spiro atoms. The standard InChI is InChI=1S/C54H58BF3N2S/c1-31-27-32(49(2,3)4)17-22-40(31)60-42-29-33(54(56,57)58)28-41-46(42)55(45-35-15-13-14-16-43(35)61-48(45)60)39-21-20-37-44(53(11,12)26-25-51(37,7)8)47(39)59(41)34-18-19-36-38(30-34)52(9,10)24-23-50(36,5)6/h13-22,27-30H,23-26H2,1-12H3. The molecule has 0 fully saturated rings. The lowest BCUT2D eigenvalue weighted by Crippen LogP contribution is -2.62. The summed E-state index contributed by atoms with van der Waals surface area (Å²) in [7, 11) is 0. The van der Waals surface area contributed by atoms with E-state index < -0.39 is 11.7 Å². The van der Waals surface area contributed by atoms with Crippen LogP contribution in [0.25, 0.3) is 10.1 Å². The lowest BCUT2D eigenvalue weighted by molar-refractivity contribution is -0.137. The van der Waals surface area contributed by atoms with Crippen LogP contribution < -0.4 is 26.2 Å². The van der Waals surface area contributed by atoms with E-state index in [0.717, 1.165) is 68.9 Å². The lowest BCUT2D eigenvalue weighted by atomic mass is 9.33. The topological polar surface area (TPSA) is 6.48 Å². The van der Waals surface area contributed by atoms with Crippen molar-refractivity contribution in [3.05, 3.63) is 124 Å². The summed E-state index contributed by atoms with van der Waals surface area (Å²) in [5.41, 5.74) is 13.7. The van der Waals surface area contributed by atoms with Crippen molar-refractivity contribution in [3.8, 4) is 0 Å². The van der Waals surface area contributed by atoms with E-state index in [1.54, 1.807) is 11.3 Å². The second-order valence-corrected chi connectivity index (χ2v) is 23.3. The Hall–Kier alpha value is -4.49. The predicted octanol–water partition coefficient (Wildman–Crippen LogP) is 14.3. The molecule has 2 aliphatic carbocycles. The van der Waals surface area contributed by atoms with Crippen molar-refractivity contribution in [2.45, 2.75) is 142 Å². The van der Waals surface area contributed by atoms with E-state index in [1.807, 2.05) is 0 Å². The summed E-state index contributed by atoms with van der Waals surface area (Å²) in [6.07, 6.45) is -0.428. The number of thiophene rings is 1. The number of benzene rings is 5. The third-order valence-electron chi connectivity index (χ3n) is 15.3. The highest BCUT2D eigenvalue weighted by Gasteiger charge is 2.51. The molecule has 0 radical (unpaired) electrons. The molecule has 0 N–H and O–H groups in total. The maximum Gasteiger partial charge on any atom is 0.416 e. The number of anilines is 6. The van der Waals surface area contributed by atoms with E-state index in [0.29, 0.717) is 11.4 Å². The molecule has 1 aromatic heterocycles.